The Bertz CT molecular complexity index is 974. The van der Waals surface area contributed by atoms with Crippen LogP contribution in [-0.2, 0) is 5.60 Å². The van der Waals surface area contributed by atoms with Crippen LogP contribution in [0.25, 0.3) is 0 Å². The van der Waals surface area contributed by atoms with Crippen LogP contribution in [0.5, 0.6) is 11.5 Å². The highest BCUT2D eigenvalue weighted by atomic mass is 35.5. The largest absolute Gasteiger partial charge is 0.497 e. The molecule has 170 valence electrons. The molecule has 3 aromatic rings. The molecule has 2 atom stereocenters. The molecule has 4 nitrogen and oxygen atoms in total. The summed E-state index contributed by atoms with van der Waals surface area (Å²) >= 11 is 0. The summed E-state index contributed by atoms with van der Waals surface area (Å²) in [6.07, 6.45) is 2.41. The van der Waals surface area contributed by atoms with Gasteiger partial charge in [0.1, 0.15) is 17.1 Å². The van der Waals surface area contributed by atoms with Crippen LogP contribution < -0.4 is 9.47 Å². The number of benzene rings is 3. The molecule has 1 fully saturated rings. The lowest BCUT2D eigenvalue weighted by atomic mass is 9.72. The van der Waals surface area contributed by atoms with E-state index >= 15 is 0 Å². The van der Waals surface area contributed by atoms with Gasteiger partial charge in [0.15, 0.2) is 0 Å². The van der Waals surface area contributed by atoms with Crippen molar-refractivity contribution >= 4 is 12.4 Å². The average molecular weight is 454 g/mol. The van der Waals surface area contributed by atoms with Crippen molar-refractivity contribution in [3.05, 3.63) is 95.6 Å². The lowest BCUT2D eigenvalue weighted by Gasteiger charge is -2.40. The zero-order chi connectivity index (χ0) is 21.7. The van der Waals surface area contributed by atoms with E-state index in [1.165, 1.54) is 12.8 Å². The van der Waals surface area contributed by atoms with Gasteiger partial charge in [-0.1, -0.05) is 60.7 Å². The van der Waals surface area contributed by atoms with Crippen LogP contribution in [0.2, 0.25) is 0 Å². The molecule has 0 aliphatic carbocycles. The first-order valence-corrected chi connectivity index (χ1v) is 10.9. The van der Waals surface area contributed by atoms with Crippen LogP contribution in [0, 0.1) is 0 Å². The number of nitrogens with zero attached hydrogens (tertiary/aromatic N) is 1. The molecule has 0 radical (unpaired) electrons. The van der Waals surface area contributed by atoms with E-state index in [1.54, 1.807) is 14.2 Å². The van der Waals surface area contributed by atoms with E-state index in [0.29, 0.717) is 5.75 Å². The molecule has 32 heavy (non-hydrogen) atoms. The zero-order valence-corrected chi connectivity index (χ0v) is 19.6. The van der Waals surface area contributed by atoms with Crippen LogP contribution in [0.3, 0.4) is 0 Å². The fourth-order valence-electron chi connectivity index (χ4n) is 4.74. The van der Waals surface area contributed by atoms with Gasteiger partial charge in [0, 0.05) is 18.0 Å². The Hall–Kier alpha value is -2.53. The molecule has 0 bridgehead atoms. The van der Waals surface area contributed by atoms with E-state index in [-0.39, 0.29) is 18.3 Å². The van der Waals surface area contributed by atoms with Gasteiger partial charge in [-0.05, 0) is 55.3 Å². The summed E-state index contributed by atoms with van der Waals surface area (Å²) < 4.78 is 11.1. The van der Waals surface area contributed by atoms with Crippen molar-refractivity contribution in [2.45, 2.75) is 24.4 Å². The molecule has 1 heterocycles. The first kappa shape index (κ1) is 24.1. The maximum atomic E-state index is 12.7. The molecule has 0 spiro atoms. The third-order valence-electron chi connectivity index (χ3n) is 6.39. The second-order valence-corrected chi connectivity index (χ2v) is 8.17. The number of halogens is 1. The highest BCUT2D eigenvalue weighted by Crippen LogP contribution is 2.46. The maximum Gasteiger partial charge on any atom is 0.126 e. The minimum atomic E-state index is -1.27. The predicted molar refractivity (Wildman–Crippen MR) is 131 cm³/mol. The smallest absolute Gasteiger partial charge is 0.126 e. The Morgan fingerprint density at radius 3 is 2.09 bits per heavy atom. The molecular weight excluding hydrogens is 422 g/mol. The number of para-hydroxylation sites is 1. The number of aliphatic hydroxyl groups is 1. The van der Waals surface area contributed by atoms with Gasteiger partial charge in [-0.3, -0.25) is 0 Å². The monoisotopic (exact) mass is 453 g/mol. The zero-order valence-electron chi connectivity index (χ0n) is 18.7. The van der Waals surface area contributed by atoms with Crippen molar-refractivity contribution in [1.82, 2.24) is 4.90 Å². The maximum absolute atomic E-state index is 12.7. The quantitative estimate of drug-likeness (QED) is 0.506. The molecule has 1 saturated heterocycles. The van der Waals surface area contributed by atoms with Gasteiger partial charge < -0.3 is 19.5 Å². The summed E-state index contributed by atoms with van der Waals surface area (Å²) in [6, 6.07) is 25.9. The summed E-state index contributed by atoms with van der Waals surface area (Å²) in [4.78, 5) is 2.46. The average Bonchev–Trinajstić information content (AvgIpc) is 3.36. The summed E-state index contributed by atoms with van der Waals surface area (Å²) in [5.41, 5.74) is 1.43. The SMILES string of the molecule is COc1ccc(C(O)(c2ccccc2OC)C(CN2CCCC2)c2ccccc2)cc1.Cl. The molecule has 0 aromatic heterocycles. The van der Waals surface area contributed by atoms with E-state index in [0.717, 1.165) is 42.1 Å². The van der Waals surface area contributed by atoms with Gasteiger partial charge in [-0.15, -0.1) is 12.4 Å². The highest BCUT2D eigenvalue weighted by molar-refractivity contribution is 5.85. The fourth-order valence-corrected chi connectivity index (χ4v) is 4.74. The van der Waals surface area contributed by atoms with Crippen LogP contribution in [0.1, 0.15) is 35.4 Å². The van der Waals surface area contributed by atoms with Crippen molar-refractivity contribution in [3.63, 3.8) is 0 Å². The van der Waals surface area contributed by atoms with Gasteiger partial charge in [-0.25, -0.2) is 0 Å². The van der Waals surface area contributed by atoms with Crippen LogP contribution in [-0.4, -0.2) is 43.9 Å². The Morgan fingerprint density at radius 1 is 0.844 bits per heavy atom. The molecule has 5 heteroatoms. The molecule has 3 aromatic carbocycles. The molecule has 2 unspecified atom stereocenters. The molecule has 4 rings (SSSR count). The number of hydrogen-bond donors (Lipinski definition) is 1. The van der Waals surface area contributed by atoms with Crippen LogP contribution >= 0.6 is 12.4 Å². The normalized spacial score (nSPS) is 16.6. The molecule has 1 aliphatic heterocycles. The Balaban J connectivity index is 0.00000289. The summed E-state index contributed by atoms with van der Waals surface area (Å²) in [7, 11) is 3.31. The van der Waals surface area contributed by atoms with E-state index in [2.05, 4.69) is 17.0 Å². The second kappa shape index (κ2) is 10.9. The van der Waals surface area contributed by atoms with Crippen molar-refractivity contribution < 1.29 is 14.6 Å². The van der Waals surface area contributed by atoms with Crippen molar-refractivity contribution in [3.8, 4) is 11.5 Å². The summed E-state index contributed by atoms with van der Waals surface area (Å²) in [5, 5.41) is 12.7. The van der Waals surface area contributed by atoms with E-state index < -0.39 is 5.60 Å². The Kier molecular flexibility index (Phi) is 8.19. The fraction of sp³-hybridized carbons (Fsp3) is 0.333. The van der Waals surface area contributed by atoms with Crippen molar-refractivity contribution in [2.75, 3.05) is 33.9 Å². The van der Waals surface area contributed by atoms with Gasteiger partial charge >= 0.3 is 0 Å². The molecular formula is C27H32ClNO3. The number of rotatable bonds is 8. The van der Waals surface area contributed by atoms with Crippen LogP contribution in [0.4, 0.5) is 0 Å². The van der Waals surface area contributed by atoms with Crippen molar-refractivity contribution in [1.29, 1.82) is 0 Å². The summed E-state index contributed by atoms with van der Waals surface area (Å²) in [5.74, 6) is 1.28. The first-order chi connectivity index (χ1) is 15.2. The number of hydrogen-bond acceptors (Lipinski definition) is 4. The third-order valence-corrected chi connectivity index (χ3v) is 6.39. The predicted octanol–water partition coefficient (Wildman–Crippen LogP) is 5.24. The van der Waals surface area contributed by atoms with E-state index in [9.17, 15) is 5.11 Å². The third kappa shape index (κ3) is 4.78. The highest BCUT2D eigenvalue weighted by Gasteiger charge is 2.44. The number of likely N-dealkylation sites (tertiary alicyclic amines) is 1. The van der Waals surface area contributed by atoms with Crippen molar-refractivity contribution in [2.24, 2.45) is 0 Å². The van der Waals surface area contributed by atoms with Crippen LogP contribution in [0.15, 0.2) is 78.9 Å². The molecule has 0 saturated carbocycles. The Morgan fingerprint density at radius 2 is 1.47 bits per heavy atom. The Labute approximate surface area is 197 Å². The number of ether oxygens (including phenoxy) is 2. The van der Waals surface area contributed by atoms with Gasteiger partial charge in [-0.2, -0.15) is 0 Å². The minimum Gasteiger partial charge on any atom is -0.497 e. The first-order valence-electron chi connectivity index (χ1n) is 10.9. The summed E-state index contributed by atoms with van der Waals surface area (Å²) in [6.45, 7) is 2.90. The molecule has 1 aliphatic rings. The van der Waals surface area contributed by atoms with Gasteiger partial charge in [0.2, 0.25) is 0 Å². The number of methoxy groups -OCH3 is 2. The lowest BCUT2D eigenvalue weighted by Crippen LogP contribution is -2.41. The second-order valence-electron chi connectivity index (χ2n) is 8.17. The van der Waals surface area contributed by atoms with E-state index in [1.807, 2.05) is 66.7 Å². The van der Waals surface area contributed by atoms with Gasteiger partial charge in [0.25, 0.3) is 0 Å². The topological polar surface area (TPSA) is 41.9 Å². The standard InChI is InChI=1S/C27H31NO3.ClH/c1-30-23-16-14-22(15-17-23)27(29,24-12-6-7-13-26(24)31-2)25(20-28-18-8-9-19-28)21-10-4-3-5-11-21;/h3-7,10-17,25,29H,8-9,18-20H2,1-2H3;1H. The molecule has 1 N–H and O–H groups in total. The van der Waals surface area contributed by atoms with E-state index in [4.69, 9.17) is 9.47 Å². The lowest BCUT2D eigenvalue weighted by molar-refractivity contribution is 0.0344. The minimum absolute atomic E-state index is 0. The molecule has 0 amide bonds. The van der Waals surface area contributed by atoms with Gasteiger partial charge in [0.05, 0.1) is 14.2 Å².